The molecule has 8 nitrogen and oxygen atoms in total. The summed E-state index contributed by atoms with van der Waals surface area (Å²) in [5, 5.41) is 5.63. The first-order valence-electron chi connectivity index (χ1n) is 7.91. The van der Waals surface area contributed by atoms with E-state index < -0.39 is 0 Å². The summed E-state index contributed by atoms with van der Waals surface area (Å²) in [6.07, 6.45) is 3.88. The van der Waals surface area contributed by atoms with E-state index in [9.17, 15) is 9.18 Å². The molecule has 0 unspecified atom stereocenters. The Morgan fingerprint density at radius 2 is 2.08 bits per heavy atom. The minimum absolute atomic E-state index is 0.00612. The van der Waals surface area contributed by atoms with Crippen molar-refractivity contribution < 1.29 is 9.18 Å². The fourth-order valence-corrected chi connectivity index (χ4v) is 2.95. The van der Waals surface area contributed by atoms with E-state index in [1.807, 2.05) is 0 Å². The van der Waals surface area contributed by atoms with Gasteiger partial charge in [-0.2, -0.15) is 0 Å². The molecule has 1 atom stereocenters. The van der Waals surface area contributed by atoms with Crippen molar-refractivity contribution in [1.29, 1.82) is 0 Å². The summed E-state index contributed by atoms with van der Waals surface area (Å²) in [7, 11) is 0. The summed E-state index contributed by atoms with van der Waals surface area (Å²) >= 11 is 0. The molecule has 1 aliphatic rings. The molecule has 0 aliphatic carbocycles. The number of hydrogen-bond donors (Lipinski definition) is 3. The highest BCUT2D eigenvalue weighted by atomic mass is 19.1. The molecular weight excluding hydrogens is 325 g/mol. The van der Waals surface area contributed by atoms with Gasteiger partial charge in [0.15, 0.2) is 11.5 Å². The molecule has 9 heteroatoms. The second-order valence-electron chi connectivity index (χ2n) is 5.84. The van der Waals surface area contributed by atoms with E-state index in [0.29, 0.717) is 17.9 Å². The van der Waals surface area contributed by atoms with Crippen LogP contribution in [0.5, 0.6) is 0 Å². The number of anilines is 2. The second-order valence-corrected chi connectivity index (χ2v) is 5.84. The third-order valence-electron chi connectivity index (χ3n) is 4.13. The number of nitrogens with one attached hydrogen (secondary N) is 3. The number of halogens is 1. The van der Waals surface area contributed by atoms with E-state index in [4.69, 9.17) is 0 Å². The molecule has 128 valence electrons. The SMILES string of the molecule is O=C(Nc1ccc(F)cc1)N[C@H]1CCN(c2ncnc3nc[nH]c23)C1. The Kier molecular flexibility index (Phi) is 3.88. The van der Waals surface area contributed by atoms with Gasteiger partial charge in [-0.25, -0.2) is 24.1 Å². The van der Waals surface area contributed by atoms with E-state index in [0.717, 1.165) is 24.3 Å². The second kappa shape index (κ2) is 6.34. The maximum Gasteiger partial charge on any atom is 0.319 e. The zero-order valence-corrected chi connectivity index (χ0v) is 13.2. The molecule has 2 aromatic heterocycles. The summed E-state index contributed by atoms with van der Waals surface area (Å²) < 4.78 is 12.9. The number of carbonyl (C=O) groups excluding carboxylic acids is 1. The molecule has 2 amide bonds. The number of carbonyl (C=O) groups is 1. The molecule has 25 heavy (non-hydrogen) atoms. The lowest BCUT2D eigenvalue weighted by Crippen LogP contribution is -2.39. The molecule has 1 aromatic carbocycles. The number of imidazole rings is 1. The largest absolute Gasteiger partial charge is 0.353 e. The fraction of sp³-hybridized carbons (Fsp3) is 0.250. The Bertz CT molecular complexity index is 895. The monoisotopic (exact) mass is 341 g/mol. The van der Waals surface area contributed by atoms with Crippen LogP contribution in [0.3, 0.4) is 0 Å². The van der Waals surface area contributed by atoms with Crippen LogP contribution >= 0.6 is 0 Å². The molecule has 0 bridgehead atoms. The van der Waals surface area contributed by atoms with Gasteiger partial charge in [-0.15, -0.1) is 0 Å². The predicted octanol–water partition coefficient (Wildman–Crippen LogP) is 1.89. The summed E-state index contributed by atoms with van der Waals surface area (Å²) in [5.41, 5.74) is 1.96. The third kappa shape index (κ3) is 3.21. The number of fused-ring (bicyclic) bond motifs is 1. The van der Waals surface area contributed by atoms with E-state index in [2.05, 4.69) is 35.5 Å². The minimum Gasteiger partial charge on any atom is -0.353 e. The van der Waals surface area contributed by atoms with Gasteiger partial charge in [-0.3, -0.25) is 0 Å². The van der Waals surface area contributed by atoms with E-state index in [1.54, 1.807) is 6.33 Å². The van der Waals surface area contributed by atoms with Gasteiger partial charge in [0.05, 0.1) is 6.33 Å². The Hall–Kier alpha value is -3.23. The number of aromatic amines is 1. The number of H-pyrrole nitrogens is 1. The van der Waals surface area contributed by atoms with Crippen LogP contribution in [-0.2, 0) is 0 Å². The molecule has 1 saturated heterocycles. The number of benzene rings is 1. The van der Waals surface area contributed by atoms with Crippen LogP contribution in [0.2, 0.25) is 0 Å². The fourth-order valence-electron chi connectivity index (χ4n) is 2.95. The first-order chi connectivity index (χ1) is 12.2. The van der Waals surface area contributed by atoms with Crippen LogP contribution in [-0.4, -0.2) is 45.1 Å². The molecule has 0 radical (unpaired) electrons. The molecule has 4 rings (SSSR count). The number of urea groups is 1. The molecule has 1 fully saturated rings. The Labute approximate surface area is 142 Å². The van der Waals surface area contributed by atoms with Crippen molar-refractivity contribution in [2.45, 2.75) is 12.5 Å². The van der Waals surface area contributed by atoms with Crippen molar-refractivity contribution in [1.82, 2.24) is 25.3 Å². The van der Waals surface area contributed by atoms with Crippen molar-refractivity contribution in [3.63, 3.8) is 0 Å². The molecule has 1 aliphatic heterocycles. The highest BCUT2D eigenvalue weighted by molar-refractivity contribution is 5.89. The van der Waals surface area contributed by atoms with Crippen molar-refractivity contribution in [3.05, 3.63) is 42.7 Å². The highest BCUT2D eigenvalue weighted by Crippen LogP contribution is 2.23. The Morgan fingerprint density at radius 3 is 2.92 bits per heavy atom. The van der Waals surface area contributed by atoms with Crippen molar-refractivity contribution in [3.8, 4) is 0 Å². The van der Waals surface area contributed by atoms with Crippen molar-refractivity contribution in [2.24, 2.45) is 0 Å². The lowest BCUT2D eigenvalue weighted by molar-refractivity contribution is 0.249. The van der Waals surface area contributed by atoms with Gasteiger partial charge < -0.3 is 20.5 Å². The highest BCUT2D eigenvalue weighted by Gasteiger charge is 2.26. The van der Waals surface area contributed by atoms with Crippen LogP contribution in [0.1, 0.15) is 6.42 Å². The van der Waals surface area contributed by atoms with E-state index in [-0.39, 0.29) is 17.9 Å². The molecule has 3 N–H and O–H groups in total. The van der Waals surface area contributed by atoms with Gasteiger partial charge in [0.2, 0.25) is 0 Å². The predicted molar refractivity (Wildman–Crippen MR) is 90.9 cm³/mol. The summed E-state index contributed by atoms with van der Waals surface area (Å²) in [5.74, 6) is 0.443. The van der Waals surface area contributed by atoms with Crippen LogP contribution in [0, 0.1) is 5.82 Å². The number of amides is 2. The minimum atomic E-state index is -0.340. The molecule has 0 saturated carbocycles. The average Bonchev–Trinajstić information content (AvgIpc) is 3.25. The Balaban J connectivity index is 1.38. The van der Waals surface area contributed by atoms with Crippen LogP contribution < -0.4 is 15.5 Å². The lowest BCUT2D eigenvalue weighted by Gasteiger charge is -2.18. The van der Waals surface area contributed by atoms with Crippen molar-refractivity contribution >= 4 is 28.7 Å². The quantitative estimate of drug-likeness (QED) is 0.676. The lowest BCUT2D eigenvalue weighted by atomic mass is 10.3. The standard InChI is InChI=1S/C16H16FN7O/c17-10-1-3-11(4-2-10)22-16(25)23-12-5-6-24(7-12)15-13-14(19-8-18-13)20-9-21-15/h1-4,8-9,12H,5-7H2,(H2,22,23,25)(H,18,19,20,21)/t12-/m0/s1. The van der Waals surface area contributed by atoms with Crippen LogP contribution in [0.25, 0.3) is 11.2 Å². The first kappa shape index (κ1) is 15.3. The van der Waals surface area contributed by atoms with Gasteiger partial charge >= 0.3 is 6.03 Å². The normalized spacial score (nSPS) is 17.0. The van der Waals surface area contributed by atoms with Crippen LogP contribution in [0.4, 0.5) is 20.7 Å². The smallest absolute Gasteiger partial charge is 0.319 e. The number of hydrogen-bond acceptors (Lipinski definition) is 5. The first-order valence-corrected chi connectivity index (χ1v) is 7.91. The number of nitrogens with zero attached hydrogens (tertiary/aromatic N) is 4. The van der Waals surface area contributed by atoms with Gasteiger partial charge in [-0.1, -0.05) is 0 Å². The van der Waals surface area contributed by atoms with Gasteiger partial charge in [0, 0.05) is 24.8 Å². The van der Waals surface area contributed by atoms with Crippen molar-refractivity contribution in [2.75, 3.05) is 23.3 Å². The van der Waals surface area contributed by atoms with Crippen LogP contribution in [0.15, 0.2) is 36.9 Å². The number of rotatable bonds is 3. The van der Waals surface area contributed by atoms with E-state index >= 15 is 0 Å². The average molecular weight is 341 g/mol. The molecule has 3 aromatic rings. The summed E-state index contributed by atoms with van der Waals surface area (Å²) in [4.78, 5) is 29.8. The maximum atomic E-state index is 12.9. The topological polar surface area (TPSA) is 98.8 Å². The molecular formula is C16H16FN7O. The number of aromatic nitrogens is 4. The maximum absolute atomic E-state index is 12.9. The summed E-state index contributed by atoms with van der Waals surface area (Å²) in [6.45, 7) is 1.41. The Morgan fingerprint density at radius 1 is 1.24 bits per heavy atom. The molecule has 0 spiro atoms. The van der Waals surface area contributed by atoms with Gasteiger partial charge in [0.25, 0.3) is 0 Å². The third-order valence-corrected chi connectivity index (χ3v) is 4.13. The van der Waals surface area contributed by atoms with E-state index in [1.165, 1.54) is 30.6 Å². The van der Waals surface area contributed by atoms with Gasteiger partial charge in [-0.05, 0) is 30.7 Å². The van der Waals surface area contributed by atoms with Gasteiger partial charge in [0.1, 0.15) is 17.7 Å². The summed E-state index contributed by atoms with van der Waals surface area (Å²) in [6, 6.07) is 5.33. The zero-order chi connectivity index (χ0) is 17.2. The molecule has 3 heterocycles. The zero-order valence-electron chi connectivity index (χ0n) is 13.2.